The summed E-state index contributed by atoms with van der Waals surface area (Å²) in [5, 5.41) is 7.32. The molecule has 1 unspecified atom stereocenters. The molecule has 0 radical (unpaired) electrons. The quantitative estimate of drug-likeness (QED) is 0.665. The van der Waals surface area contributed by atoms with Gasteiger partial charge in [-0.1, -0.05) is 0 Å². The van der Waals surface area contributed by atoms with Crippen LogP contribution in [0.15, 0.2) is 16.0 Å². The molecule has 92 valence electrons. The Balaban J connectivity index is 2.22. The number of nitrogens with two attached hydrogens (primary N) is 1. The fourth-order valence-electron chi connectivity index (χ4n) is 1.76. The zero-order valence-electron chi connectivity index (χ0n) is 9.64. The Kier molecular flexibility index (Phi) is 3.93. The van der Waals surface area contributed by atoms with E-state index in [2.05, 4.69) is 36.8 Å². The van der Waals surface area contributed by atoms with Crippen molar-refractivity contribution in [3.8, 4) is 0 Å². The van der Waals surface area contributed by atoms with Crippen molar-refractivity contribution < 1.29 is 0 Å². The highest BCUT2D eigenvalue weighted by Gasteiger charge is 2.19. The molecule has 0 aliphatic carbocycles. The second-order valence-electron chi connectivity index (χ2n) is 3.78. The molecule has 0 saturated heterocycles. The molecule has 0 spiro atoms. The number of nitrogens with zero attached hydrogens (tertiary/aromatic N) is 3. The van der Waals surface area contributed by atoms with Crippen molar-refractivity contribution in [2.75, 3.05) is 0 Å². The van der Waals surface area contributed by atoms with E-state index in [0.717, 1.165) is 27.3 Å². The molecule has 0 saturated carbocycles. The number of rotatable bonds is 4. The molecule has 2 rings (SSSR count). The van der Waals surface area contributed by atoms with Crippen molar-refractivity contribution in [2.45, 2.75) is 19.4 Å². The molecule has 7 heteroatoms. The highest BCUT2D eigenvalue weighted by atomic mass is 79.9. The Labute approximate surface area is 112 Å². The summed E-state index contributed by atoms with van der Waals surface area (Å²) in [7, 11) is 1.90. The lowest BCUT2D eigenvalue weighted by Gasteiger charge is -2.15. The molecule has 3 N–H and O–H groups in total. The lowest BCUT2D eigenvalue weighted by molar-refractivity contribution is 0.503. The van der Waals surface area contributed by atoms with E-state index in [1.807, 2.05) is 18.7 Å². The second kappa shape index (κ2) is 5.26. The van der Waals surface area contributed by atoms with Crippen LogP contribution in [0.25, 0.3) is 0 Å². The third kappa shape index (κ3) is 2.74. The van der Waals surface area contributed by atoms with Crippen LogP contribution in [0.3, 0.4) is 0 Å². The summed E-state index contributed by atoms with van der Waals surface area (Å²) in [6.45, 7) is 2.00. The van der Waals surface area contributed by atoms with Crippen molar-refractivity contribution in [1.29, 1.82) is 0 Å². The summed E-state index contributed by atoms with van der Waals surface area (Å²) < 4.78 is 2.77. The first-order chi connectivity index (χ1) is 8.11. The molecular weight excluding hydrogens is 302 g/mol. The Morgan fingerprint density at radius 1 is 1.65 bits per heavy atom. The normalized spacial score (nSPS) is 12.9. The van der Waals surface area contributed by atoms with E-state index in [4.69, 9.17) is 5.84 Å². The number of hydrazine groups is 1. The van der Waals surface area contributed by atoms with Crippen LogP contribution >= 0.6 is 27.3 Å². The first kappa shape index (κ1) is 12.7. The fraction of sp³-hybridized carbons (Fsp3) is 0.400. The van der Waals surface area contributed by atoms with Crippen LogP contribution in [-0.4, -0.2) is 14.8 Å². The Bertz CT molecular complexity index is 487. The maximum atomic E-state index is 5.62. The van der Waals surface area contributed by atoms with E-state index >= 15 is 0 Å². The topological polar surface area (TPSA) is 68.8 Å². The monoisotopic (exact) mass is 315 g/mol. The van der Waals surface area contributed by atoms with Gasteiger partial charge in [0.25, 0.3) is 0 Å². The molecule has 2 aromatic rings. The van der Waals surface area contributed by atoms with Gasteiger partial charge in [0.1, 0.15) is 0 Å². The van der Waals surface area contributed by atoms with Gasteiger partial charge in [0.2, 0.25) is 0 Å². The highest BCUT2D eigenvalue weighted by Crippen LogP contribution is 2.25. The standard InChI is InChI=1S/C10H14BrN5S/c1-6-14-7(5-17-6)3-9(15-12)10-8(11)4-13-16(10)2/h4-5,9,15H,3,12H2,1-2H3. The third-order valence-corrected chi connectivity index (χ3v) is 3.98. The number of thiazole rings is 1. The molecule has 5 nitrogen and oxygen atoms in total. The molecule has 0 aliphatic rings. The number of hydrogen-bond acceptors (Lipinski definition) is 5. The van der Waals surface area contributed by atoms with Crippen LogP contribution in [0.5, 0.6) is 0 Å². The Morgan fingerprint density at radius 2 is 2.41 bits per heavy atom. The lowest BCUT2D eigenvalue weighted by atomic mass is 10.1. The third-order valence-electron chi connectivity index (χ3n) is 2.55. The van der Waals surface area contributed by atoms with Gasteiger partial charge in [-0.25, -0.2) is 4.98 Å². The van der Waals surface area contributed by atoms with E-state index in [-0.39, 0.29) is 6.04 Å². The summed E-state index contributed by atoms with van der Waals surface area (Å²) in [5.74, 6) is 5.62. The van der Waals surface area contributed by atoms with Crippen molar-refractivity contribution >= 4 is 27.3 Å². The summed E-state index contributed by atoms with van der Waals surface area (Å²) in [4.78, 5) is 4.45. The maximum absolute atomic E-state index is 5.62. The van der Waals surface area contributed by atoms with Crippen LogP contribution in [0.4, 0.5) is 0 Å². The van der Waals surface area contributed by atoms with Crippen LogP contribution in [0, 0.1) is 6.92 Å². The van der Waals surface area contributed by atoms with E-state index in [1.165, 1.54) is 0 Å². The molecule has 0 fully saturated rings. The molecule has 0 bridgehead atoms. The minimum atomic E-state index is -0.00150. The van der Waals surface area contributed by atoms with Crippen LogP contribution in [0.2, 0.25) is 0 Å². The van der Waals surface area contributed by atoms with Gasteiger partial charge in [-0.15, -0.1) is 11.3 Å². The molecule has 1 atom stereocenters. The van der Waals surface area contributed by atoms with E-state index in [1.54, 1.807) is 17.5 Å². The number of aromatic nitrogens is 3. The summed E-state index contributed by atoms with van der Waals surface area (Å²) in [5.41, 5.74) is 4.89. The van der Waals surface area contributed by atoms with Crippen molar-refractivity contribution in [3.05, 3.63) is 32.4 Å². The molecule has 2 heterocycles. The number of aryl methyl sites for hydroxylation is 2. The molecule has 0 amide bonds. The summed E-state index contributed by atoms with van der Waals surface area (Å²) in [6, 6.07) is -0.00150. The first-order valence-electron chi connectivity index (χ1n) is 5.16. The van der Waals surface area contributed by atoms with Crippen molar-refractivity contribution in [1.82, 2.24) is 20.2 Å². The molecule has 0 aliphatic heterocycles. The number of halogens is 1. The average molecular weight is 316 g/mol. The van der Waals surface area contributed by atoms with Crippen molar-refractivity contribution in [3.63, 3.8) is 0 Å². The first-order valence-corrected chi connectivity index (χ1v) is 6.83. The Hall–Kier alpha value is -0.760. The van der Waals surface area contributed by atoms with Gasteiger partial charge >= 0.3 is 0 Å². The second-order valence-corrected chi connectivity index (χ2v) is 5.70. The largest absolute Gasteiger partial charge is 0.271 e. The van der Waals surface area contributed by atoms with E-state index in [0.29, 0.717) is 0 Å². The molecule has 0 aromatic carbocycles. The highest BCUT2D eigenvalue weighted by molar-refractivity contribution is 9.10. The maximum Gasteiger partial charge on any atom is 0.0897 e. The van der Waals surface area contributed by atoms with Gasteiger partial charge in [-0.3, -0.25) is 16.0 Å². The molecule has 2 aromatic heterocycles. The fourth-order valence-corrected chi connectivity index (χ4v) is 3.01. The van der Waals surface area contributed by atoms with Gasteiger partial charge in [0.15, 0.2) is 0 Å². The minimum Gasteiger partial charge on any atom is -0.271 e. The zero-order chi connectivity index (χ0) is 12.4. The predicted octanol–water partition coefficient (Wildman–Crippen LogP) is 1.69. The number of nitrogens with one attached hydrogen (secondary N) is 1. The van der Waals surface area contributed by atoms with Gasteiger partial charge in [0, 0.05) is 18.8 Å². The minimum absolute atomic E-state index is 0.00150. The van der Waals surface area contributed by atoms with E-state index in [9.17, 15) is 0 Å². The average Bonchev–Trinajstić information content (AvgIpc) is 2.84. The van der Waals surface area contributed by atoms with Gasteiger partial charge in [0.05, 0.1) is 33.1 Å². The Morgan fingerprint density at radius 3 is 2.88 bits per heavy atom. The predicted molar refractivity (Wildman–Crippen MR) is 71.5 cm³/mol. The van der Waals surface area contributed by atoms with Crippen molar-refractivity contribution in [2.24, 2.45) is 12.9 Å². The van der Waals surface area contributed by atoms with Crippen LogP contribution in [-0.2, 0) is 13.5 Å². The molecule has 17 heavy (non-hydrogen) atoms. The van der Waals surface area contributed by atoms with Crippen LogP contribution in [0.1, 0.15) is 22.4 Å². The molecular formula is C10H14BrN5S. The lowest BCUT2D eigenvalue weighted by Crippen LogP contribution is -2.31. The van der Waals surface area contributed by atoms with Gasteiger partial charge < -0.3 is 0 Å². The van der Waals surface area contributed by atoms with Crippen LogP contribution < -0.4 is 11.3 Å². The van der Waals surface area contributed by atoms with E-state index < -0.39 is 0 Å². The van der Waals surface area contributed by atoms with Gasteiger partial charge in [-0.2, -0.15) is 5.10 Å². The summed E-state index contributed by atoms with van der Waals surface area (Å²) in [6.07, 6.45) is 2.52. The SMILES string of the molecule is Cc1nc(CC(NN)c2c(Br)cnn2C)cs1. The zero-order valence-corrected chi connectivity index (χ0v) is 12.0. The van der Waals surface area contributed by atoms with Gasteiger partial charge in [-0.05, 0) is 22.9 Å². The summed E-state index contributed by atoms with van der Waals surface area (Å²) >= 11 is 5.13. The smallest absolute Gasteiger partial charge is 0.0897 e. The number of hydrogen-bond donors (Lipinski definition) is 2.